The zero-order chi connectivity index (χ0) is 43.0. The molecule has 0 aliphatic carbocycles. The van der Waals surface area contributed by atoms with Crippen LogP contribution in [0, 0.1) is 23.7 Å². The van der Waals surface area contributed by atoms with Crippen LogP contribution in [0.5, 0.6) is 0 Å². The summed E-state index contributed by atoms with van der Waals surface area (Å²) in [6.45, 7) is 13.0. The quantitative estimate of drug-likeness (QED) is 0.136. The van der Waals surface area contributed by atoms with E-state index in [1.165, 1.54) is 19.1 Å². The van der Waals surface area contributed by atoms with Gasteiger partial charge in [-0.15, -0.1) is 11.3 Å². The van der Waals surface area contributed by atoms with Gasteiger partial charge in [-0.1, -0.05) is 102 Å². The Bertz CT molecular complexity index is 2270. The van der Waals surface area contributed by atoms with Crippen molar-refractivity contribution in [1.29, 1.82) is 0 Å². The summed E-state index contributed by atoms with van der Waals surface area (Å²) in [7, 11) is 2.59. The molecule has 3 N–H and O–H groups in total. The standard InChI is InChI=1S/C45H54ClN7O6S/c1-23(2)37(49-44(56)58-7)42(54)52-21-25(5)17-33(52)31-19-36-32(47-31)20-35(60-36)29-13-9-27(10-14-29)28-11-15-30(16-12-28)39-40(46)51-41(48-39)34-18-26(6)22-53(34)43(55)38(24(3)4)50-45(57)59-8/h9-16,20,23-26,33-34,37-38H,17-19,21-22H2,1-8H3,(H,48,51)(H,49,56)(H,50,57)/t25-,26-,33-,34-,37-,38-/m0/s1. The minimum absolute atomic E-state index is 0.0918. The molecule has 318 valence electrons. The minimum Gasteiger partial charge on any atom is -0.453 e. The number of carbonyl (C=O) groups excluding carboxylic acids is 4. The van der Waals surface area contributed by atoms with Crippen LogP contribution in [0.3, 0.4) is 0 Å². The number of hydrogen-bond donors (Lipinski definition) is 3. The van der Waals surface area contributed by atoms with Gasteiger partial charge >= 0.3 is 12.2 Å². The highest BCUT2D eigenvalue weighted by Crippen LogP contribution is 2.43. The number of carbonyl (C=O) groups is 4. The van der Waals surface area contributed by atoms with Crippen LogP contribution in [-0.2, 0) is 25.5 Å². The number of nitrogens with zero attached hydrogens (tertiary/aromatic N) is 4. The van der Waals surface area contributed by atoms with E-state index in [9.17, 15) is 19.2 Å². The topological polar surface area (TPSA) is 158 Å². The lowest BCUT2D eigenvalue weighted by Gasteiger charge is -2.31. The fourth-order valence-electron chi connectivity index (χ4n) is 8.61. The van der Waals surface area contributed by atoms with Gasteiger partial charge in [0.2, 0.25) is 11.8 Å². The number of ether oxygens (including phenoxy) is 2. The molecule has 4 amide bonds. The monoisotopic (exact) mass is 855 g/mol. The number of alkyl carbamates (subject to hydrolysis) is 2. The molecule has 2 aromatic heterocycles. The largest absolute Gasteiger partial charge is 0.453 e. The first-order valence-electron chi connectivity index (χ1n) is 20.6. The number of fused-ring (bicyclic) bond motifs is 1. The highest BCUT2D eigenvalue weighted by molar-refractivity contribution is 7.16. The van der Waals surface area contributed by atoms with Crippen molar-refractivity contribution in [2.45, 2.75) is 85.0 Å². The lowest BCUT2D eigenvalue weighted by molar-refractivity contribution is -0.136. The summed E-state index contributed by atoms with van der Waals surface area (Å²) in [6, 6.07) is 16.9. The molecule has 2 fully saturated rings. The molecule has 0 bridgehead atoms. The maximum absolute atomic E-state index is 13.7. The Hall–Kier alpha value is -5.21. The molecule has 5 heterocycles. The lowest BCUT2D eigenvalue weighted by atomic mass is 10.0. The van der Waals surface area contributed by atoms with E-state index in [2.05, 4.69) is 71.9 Å². The number of thiophene rings is 1. The second kappa shape index (κ2) is 17.8. The second-order valence-corrected chi connectivity index (χ2v) is 18.6. The highest BCUT2D eigenvalue weighted by Gasteiger charge is 2.42. The second-order valence-electron chi connectivity index (χ2n) is 17.0. The van der Waals surface area contributed by atoms with E-state index in [4.69, 9.17) is 31.1 Å². The Labute approximate surface area is 360 Å². The van der Waals surface area contributed by atoms with Crippen molar-refractivity contribution in [1.82, 2.24) is 30.4 Å². The van der Waals surface area contributed by atoms with Gasteiger partial charge in [-0.25, -0.2) is 14.6 Å². The predicted molar refractivity (Wildman–Crippen MR) is 234 cm³/mol. The van der Waals surface area contributed by atoms with Crippen LogP contribution >= 0.6 is 22.9 Å². The van der Waals surface area contributed by atoms with Crippen LogP contribution in [0.25, 0.3) is 32.8 Å². The molecule has 3 aliphatic rings. The number of amides is 4. The van der Waals surface area contributed by atoms with Crippen LogP contribution in [0.2, 0.25) is 5.15 Å². The van der Waals surface area contributed by atoms with E-state index in [1.807, 2.05) is 44.7 Å². The van der Waals surface area contributed by atoms with E-state index in [-0.39, 0.29) is 41.7 Å². The molecular formula is C45H54ClN7O6S. The van der Waals surface area contributed by atoms with Gasteiger partial charge in [0.1, 0.15) is 28.8 Å². The molecule has 2 saturated heterocycles. The van der Waals surface area contributed by atoms with Crippen LogP contribution < -0.4 is 10.6 Å². The first-order chi connectivity index (χ1) is 28.6. The number of methoxy groups -OCH3 is 2. The fraction of sp³-hybridized carbons (Fsp3) is 0.467. The smallest absolute Gasteiger partial charge is 0.407 e. The predicted octanol–water partition coefficient (Wildman–Crippen LogP) is 8.66. The van der Waals surface area contributed by atoms with Gasteiger partial charge in [0.25, 0.3) is 0 Å². The Kier molecular flexibility index (Phi) is 12.7. The third-order valence-electron chi connectivity index (χ3n) is 11.8. The molecule has 6 atom stereocenters. The summed E-state index contributed by atoms with van der Waals surface area (Å²) in [6.07, 6.45) is 1.01. The van der Waals surface area contributed by atoms with Gasteiger partial charge in [0.05, 0.1) is 32.0 Å². The molecule has 0 radical (unpaired) electrons. The maximum Gasteiger partial charge on any atom is 0.407 e. The number of halogens is 1. The van der Waals surface area contributed by atoms with Crippen molar-refractivity contribution in [2.24, 2.45) is 28.7 Å². The number of aromatic amines is 1. The van der Waals surface area contributed by atoms with Crippen molar-refractivity contribution in [3.8, 4) is 32.8 Å². The zero-order valence-electron chi connectivity index (χ0n) is 35.4. The summed E-state index contributed by atoms with van der Waals surface area (Å²) in [4.78, 5) is 70.8. The number of aliphatic imine (C=N–C) groups is 1. The van der Waals surface area contributed by atoms with Gasteiger partial charge < -0.3 is 34.9 Å². The molecule has 15 heteroatoms. The van der Waals surface area contributed by atoms with Crippen molar-refractivity contribution in [3.63, 3.8) is 0 Å². The number of rotatable bonds is 11. The Morgan fingerprint density at radius 1 is 0.767 bits per heavy atom. The van der Waals surface area contributed by atoms with E-state index < -0.39 is 24.3 Å². The number of imidazole rings is 1. The van der Waals surface area contributed by atoms with Gasteiger partial charge in [-0.05, 0) is 59.3 Å². The fourth-order valence-corrected chi connectivity index (χ4v) is 9.98. The zero-order valence-corrected chi connectivity index (χ0v) is 36.9. The van der Waals surface area contributed by atoms with Crippen molar-refractivity contribution < 1.29 is 28.7 Å². The Balaban J connectivity index is 1.02. The SMILES string of the molecule is COC(=O)N[C@H](C(=O)N1C[C@@H](C)C[C@H]1C1=Nc2cc(-c3ccc(-c4ccc(-c5nc([C@@H]6C[C@H](C)CN6C(=O)[C@@H](NC(=O)OC)C(C)C)[nH]c5Cl)cc4)cc3)sc2C1)C(C)C. The first kappa shape index (κ1) is 42.9. The molecule has 3 aliphatic heterocycles. The molecule has 60 heavy (non-hydrogen) atoms. The first-order valence-corrected chi connectivity index (χ1v) is 21.8. The Morgan fingerprint density at radius 3 is 1.75 bits per heavy atom. The molecule has 0 unspecified atom stereocenters. The van der Waals surface area contributed by atoms with E-state index in [0.717, 1.165) is 45.0 Å². The average Bonchev–Trinajstić information content (AvgIpc) is 4.07. The van der Waals surface area contributed by atoms with Crippen molar-refractivity contribution >= 4 is 58.3 Å². The van der Waals surface area contributed by atoms with Gasteiger partial charge in [0.15, 0.2) is 0 Å². The summed E-state index contributed by atoms with van der Waals surface area (Å²) < 4.78 is 9.58. The minimum atomic E-state index is -0.731. The third-order valence-corrected chi connectivity index (χ3v) is 13.2. The average molecular weight is 856 g/mol. The van der Waals surface area contributed by atoms with Gasteiger partial charge in [0, 0.05) is 40.5 Å². The van der Waals surface area contributed by atoms with E-state index in [1.54, 1.807) is 16.2 Å². The highest BCUT2D eigenvalue weighted by atomic mass is 35.5. The van der Waals surface area contributed by atoms with Gasteiger partial charge in [-0.2, -0.15) is 0 Å². The molecular weight excluding hydrogens is 802 g/mol. The summed E-state index contributed by atoms with van der Waals surface area (Å²) in [5.41, 5.74) is 6.65. The molecule has 0 saturated carbocycles. The molecule has 2 aromatic carbocycles. The molecule has 7 rings (SSSR count). The lowest BCUT2D eigenvalue weighted by Crippen LogP contribution is -2.53. The molecule has 0 spiro atoms. The van der Waals surface area contributed by atoms with Crippen molar-refractivity contribution in [2.75, 3.05) is 27.3 Å². The van der Waals surface area contributed by atoms with Crippen LogP contribution in [0.1, 0.15) is 71.1 Å². The summed E-state index contributed by atoms with van der Waals surface area (Å²) in [5, 5.41) is 5.84. The third kappa shape index (κ3) is 8.81. The Morgan fingerprint density at radius 2 is 1.25 bits per heavy atom. The number of nitrogens with one attached hydrogen (secondary N) is 3. The van der Waals surface area contributed by atoms with Crippen molar-refractivity contribution in [3.05, 3.63) is 70.5 Å². The summed E-state index contributed by atoms with van der Waals surface area (Å²) in [5.74, 6) is 0.676. The summed E-state index contributed by atoms with van der Waals surface area (Å²) >= 11 is 8.49. The van der Waals surface area contributed by atoms with E-state index >= 15 is 0 Å². The number of benzene rings is 2. The van der Waals surface area contributed by atoms with E-state index in [0.29, 0.717) is 48.5 Å². The van der Waals surface area contributed by atoms with Gasteiger partial charge in [-0.3, -0.25) is 14.6 Å². The number of aromatic nitrogens is 2. The molecule has 13 nitrogen and oxygen atoms in total. The van der Waals surface area contributed by atoms with Crippen LogP contribution in [0.4, 0.5) is 15.3 Å². The maximum atomic E-state index is 13.7. The normalized spacial score (nSPS) is 20.9. The number of H-pyrrole nitrogens is 1. The molecule has 4 aromatic rings. The number of likely N-dealkylation sites (tertiary alicyclic amines) is 2. The number of hydrogen-bond acceptors (Lipinski definition) is 9. The van der Waals surface area contributed by atoms with Crippen LogP contribution in [0.15, 0.2) is 59.6 Å². The van der Waals surface area contributed by atoms with Crippen LogP contribution in [-0.4, -0.2) is 94.9 Å².